The molecule has 0 aromatic heterocycles. The Morgan fingerprint density at radius 1 is 1.14 bits per heavy atom. The molecule has 154 valence electrons. The number of benzene rings is 1. The Morgan fingerprint density at radius 2 is 1.89 bits per heavy atom. The quantitative estimate of drug-likeness (QED) is 0.583. The van der Waals surface area contributed by atoms with Crippen LogP contribution in [0.5, 0.6) is 5.75 Å². The predicted molar refractivity (Wildman–Crippen MR) is 113 cm³/mol. The molecular formula is C22H34N4O2. The predicted octanol–water partition coefficient (Wildman–Crippen LogP) is 2.99. The van der Waals surface area contributed by atoms with E-state index in [4.69, 9.17) is 4.74 Å². The molecule has 0 atom stereocenters. The standard InChI is InChI=1S/C22H34N4O2/c1-17-10-11-18(20(14-17)28-19-8-4-5-9-19)15-24-22(23-2)25-16-21(27)26-12-6-3-7-13-26/h10-11,14,19H,3-9,12-13,15-16H2,1-2H3,(H2,23,24,25). The number of carbonyl (C=O) groups excluding carboxylic acids is 1. The molecule has 1 aromatic carbocycles. The van der Waals surface area contributed by atoms with Gasteiger partial charge < -0.3 is 20.3 Å². The number of piperidine rings is 1. The summed E-state index contributed by atoms with van der Waals surface area (Å²) in [6, 6.07) is 6.33. The van der Waals surface area contributed by atoms with Gasteiger partial charge in [-0.05, 0) is 63.5 Å². The summed E-state index contributed by atoms with van der Waals surface area (Å²) in [6.45, 7) is 4.72. The Morgan fingerprint density at radius 3 is 2.61 bits per heavy atom. The van der Waals surface area contributed by atoms with E-state index in [-0.39, 0.29) is 12.5 Å². The molecule has 1 amide bonds. The Bertz CT molecular complexity index is 677. The first-order valence-electron chi connectivity index (χ1n) is 10.6. The molecule has 0 radical (unpaired) electrons. The lowest BCUT2D eigenvalue weighted by molar-refractivity contribution is -0.130. The largest absolute Gasteiger partial charge is 0.490 e. The van der Waals surface area contributed by atoms with Crippen molar-refractivity contribution in [3.8, 4) is 5.75 Å². The second-order valence-electron chi connectivity index (χ2n) is 7.86. The summed E-state index contributed by atoms with van der Waals surface area (Å²) in [5, 5.41) is 6.46. The van der Waals surface area contributed by atoms with Crippen molar-refractivity contribution in [2.24, 2.45) is 4.99 Å². The molecule has 1 saturated heterocycles. The third-order valence-corrected chi connectivity index (χ3v) is 5.60. The van der Waals surface area contributed by atoms with Gasteiger partial charge in [0.25, 0.3) is 0 Å². The molecular weight excluding hydrogens is 352 g/mol. The minimum atomic E-state index is 0.142. The zero-order valence-corrected chi connectivity index (χ0v) is 17.3. The van der Waals surface area contributed by atoms with Gasteiger partial charge in [0.05, 0.1) is 12.6 Å². The van der Waals surface area contributed by atoms with Gasteiger partial charge in [0.1, 0.15) is 5.75 Å². The van der Waals surface area contributed by atoms with Gasteiger partial charge in [-0.2, -0.15) is 0 Å². The van der Waals surface area contributed by atoms with Gasteiger partial charge in [-0.3, -0.25) is 9.79 Å². The van der Waals surface area contributed by atoms with Crippen molar-refractivity contribution >= 4 is 11.9 Å². The Kier molecular flexibility index (Phi) is 7.57. The SMILES string of the molecule is CN=C(NCC(=O)N1CCCCC1)NCc1ccc(C)cc1OC1CCCC1. The van der Waals surface area contributed by atoms with Gasteiger partial charge in [-0.1, -0.05) is 12.1 Å². The first-order chi connectivity index (χ1) is 13.7. The van der Waals surface area contributed by atoms with E-state index < -0.39 is 0 Å². The number of hydrogen-bond donors (Lipinski definition) is 2. The van der Waals surface area contributed by atoms with Crippen molar-refractivity contribution in [1.82, 2.24) is 15.5 Å². The van der Waals surface area contributed by atoms with Gasteiger partial charge in [0, 0.05) is 32.2 Å². The molecule has 3 rings (SSSR count). The van der Waals surface area contributed by atoms with Crippen molar-refractivity contribution in [2.45, 2.75) is 64.5 Å². The highest BCUT2D eigenvalue weighted by molar-refractivity contribution is 5.86. The fourth-order valence-corrected chi connectivity index (χ4v) is 3.92. The number of aliphatic imine (C=N–C) groups is 1. The lowest BCUT2D eigenvalue weighted by Gasteiger charge is -2.27. The Hall–Kier alpha value is -2.24. The molecule has 6 nitrogen and oxygen atoms in total. The summed E-state index contributed by atoms with van der Waals surface area (Å²) in [6.07, 6.45) is 8.57. The van der Waals surface area contributed by atoms with Crippen molar-refractivity contribution in [1.29, 1.82) is 0 Å². The number of amides is 1. The number of rotatable bonds is 6. The van der Waals surface area contributed by atoms with E-state index in [2.05, 4.69) is 40.7 Å². The van der Waals surface area contributed by atoms with Crippen molar-refractivity contribution < 1.29 is 9.53 Å². The number of hydrogen-bond acceptors (Lipinski definition) is 3. The van der Waals surface area contributed by atoms with Crippen LogP contribution in [0.4, 0.5) is 0 Å². The van der Waals surface area contributed by atoms with Crippen LogP contribution in [-0.4, -0.2) is 49.6 Å². The molecule has 1 saturated carbocycles. The smallest absolute Gasteiger partial charge is 0.241 e. The minimum Gasteiger partial charge on any atom is -0.490 e. The molecule has 1 heterocycles. The first-order valence-corrected chi connectivity index (χ1v) is 10.6. The van der Waals surface area contributed by atoms with Crippen LogP contribution in [0.15, 0.2) is 23.2 Å². The minimum absolute atomic E-state index is 0.142. The summed E-state index contributed by atoms with van der Waals surface area (Å²) >= 11 is 0. The molecule has 28 heavy (non-hydrogen) atoms. The summed E-state index contributed by atoms with van der Waals surface area (Å²) in [7, 11) is 1.73. The van der Waals surface area contributed by atoms with Crippen LogP contribution < -0.4 is 15.4 Å². The van der Waals surface area contributed by atoms with Crippen LogP contribution in [0.3, 0.4) is 0 Å². The average molecular weight is 387 g/mol. The van der Waals surface area contributed by atoms with Crippen LogP contribution in [-0.2, 0) is 11.3 Å². The van der Waals surface area contributed by atoms with Crippen LogP contribution in [0.25, 0.3) is 0 Å². The van der Waals surface area contributed by atoms with E-state index in [0.717, 1.165) is 50.1 Å². The summed E-state index contributed by atoms with van der Waals surface area (Å²) in [5.41, 5.74) is 2.31. The monoisotopic (exact) mass is 386 g/mol. The third-order valence-electron chi connectivity index (χ3n) is 5.60. The highest BCUT2D eigenvalue weighted by Crippen LogP contribution is 2.27. The number of nitrogens with one attached hydrogen (secondary N) is 2. The maximum absolute atomic E-state index is 12.3. The molecule has 1 aromatic rings. The normalized spacial score (nSPS) is 18.2. The second-order valence-corrected chi connectivity index (χ2v) is 7.86. The van der Waals surface area contributed by atoms with E-state index in [0.29, 0.717) is 18.6 Å². The molecule has 6 heteroatoms. The fourth-order valence-electron chi connectivity index (χ4n) is 3.92. The van der Waals surface area contributed by atoms with E-state index in [1.165, 1.54) is 24.8 Å². The maximum Gasteiger partial charge on any atom is 0.241 e. The summed E-state index contributed by atoms with van der Waals surface area (Å²) in [4.78, 5) is 18.5. The van der Waals surface area contributed by atoms with E-state index in [9.17, 15) is 4.79 Å². The topological polar surface area (TPSA) is 66.0 Å². The highest BCUT2D eigenvalue weighted by Gasteiger charge is 2.19. The van der Waals surface area contributed by atoms with Crippen molar-refractivity contribution in [3.63, 3.8) is 0 Å². The van der Waals surface area contributed by atoms with Gasteiger partial charge in [0.15, 0.2) is 5.96 Å². The number of ether oxygens (including phenoxy) is 1. The molecule has 2 fully saturated rings. The zero-order valence-electron chi connectivity index (χ0n) is 17.3. The first kappa shape index (κ1) is 20.5. The maximum atomic E-state index is 12.3. The molecule has 0 unspecified atom stereocenters. The summed E-state index contributed by atoms with van der Waals surface area (Å²) < 4.78 is 6.27. The van der Waals surface area contributed by atoms with E-state index in [1.807, 2.05) is 4.90 Å². The van der Waals surface area contributed by atoms with Crippen molar-refractivity contribution in [3.05, 3.63) is 29.3 Å². The molecule has 1 aliphatic heterocycles. The van der Waals surface area contributed by atoms with Gasteiger partial charge >= 0.3 is 0 Å². The number of nitrogens with zero attached hydrogens (tertiary/aromatic N) is 2. The highest BCUT2D eigenvalue weighted by atomic mass is 16.5. The lowest BCUT2D eigenvalue weighted by Crippen LogP contribution is -2.45. The number of aryl methyl sites for hydroxylation is 1. The van der Waals surface area contributed by atoms with Crippen LogP contribution in [0.1, 0.15) is 56.1 Å². The molecule has 2 aliphatic rings. The van der Waals surface area contributed by atoms with Crippen LogP contribution >= 0.6 is 0 Å². The zero-order chi connectivity index (χ0) is 19.8. The Labute approximate surface area is 168 Å². The van der Waals surface area contributed by atoms with Crippen molar-refractivity contribution in [2.75, 3.05) is 26.7 Å². The van der Waals surface area contributed by atoms with Crippen LogP contribution in [0, 0.1) is 6.92 Å². The molecule has 0 spiro atoms. The Balaban J connectivity index is 1.52. The van der Waals surface area contributed by atoms with Crippen LogP contribution in [0.2, 0.25) is 0 Å². The summed E-state index contributed by atoms with van der Waals surface area (Å²) in [5.74, 6) is 1.74. The van der Waals surface area contributed by atoms with Gasteiger partial charge in [0.2, 0.25) is 5.91 Å². The van der Waals surface area contributed by atoms with E-state index >= 15 is 0 Å². The second kappa shape index (κ2) is 10.3. The average Bonchev–Trinajstić information content (AvgIpc) is 3.23. The fraction of sp³-hybridized carbons (Fsp3) is 0.636. The third kappa shape index (κ3) is 5.88. The molecule has 1 aliphatic carbocycles. The molecule has 2 N–H and O–H groups in total. The molecule has 0 bridgehead atoms. The van der Waals surface area contributed by atoms with E-state index in [1.54, 1.807) is 7.05 Å². The number of carbonyl (C=O) groups is 1. The number of guanidine groups is 1. The number of likely N-dealkylation sites (tertiary alicyclic amines) is 1. The van der Waals surface area contributed by atoms with Gasteiger partial charge in [-0.25, -0.2) is 0 Å². The lowest BCUT2D eigenvalue weighted by atomic mass is 10.1. The van der Waals surface area contributed by atoms with Gasteiger partial charge in [-0.15, -0.1) is 0 Å².